The molecule has 0 amide bonds. The summed E-state index contributed by atoms with van der Waals surface area (Å²) in [5, 5.41) is 14.4. The predicted octanol–water partition coefficient (Wildman–Crippen LogP) is 8.87. The molecule has 0 spiro atoms. The van der Waals surface area contributed by atoms with Crippen molar-refractivity contribution in [3.8, 4) is 17.2 Å². The van der Waals surface area contributed by atoms with Gasteiger partial charge in [0.05, 0.1) is 23.3 Å². The van der Waals surface area contributed by atoms with Crippen molar-refractivity contribution in [2.24, 2.45) is 5.92 Å². The van der Waals surface area contributed by atoms with Crippen molar-refractivity contribution in [1.29, 1.82) is 5.26 Å². The number of rotatable bonds is 11. The van der Waals surface area contributed by atoms with Crippen LogP contribution in [-0.2, 0) is 0 Å². The van der Waals surface area contributed by atoms with Crippen LogP contribution in [0.4, 0.5) is 0 Å². The van der Waals surface area contributed by atoms with Gasteiger partial charge in [0.25, 0.3) is 0 Å². The van der Waals surface area contributed by atoms with Gasteiger partial charge in [-0.25, -0.2) is 9.50 Å². The van der Waals surface area contributed by atoms with E-state index in [0.29, 0.717) is 5.56 Å². The normalized spacial score (nSPS) is 11.5. The Morgan fingerprint density at radius 3 is 2.35 bits per heavy atom. The Labute approximate surface area is 242 Å². The van der Waals surface area contributed by atoms with Crippen LogP contribution in [0.2, 0.25) is 0 Å². The highest BCUT2D eigenvalue weighted by atomic mass is 15.2. The second-order valence-corrected chi connectivity index (χ2v) is 10.9. The Balaban J connectivity index is 0.000000260. The molecule has 0 radical (unpaired) electrons. The summed E-state index contributed by atoms with van der Waals surface area (Å²) in [5.74, 6) is 0.968. The Morgan fingerprint density at radius 2 is 1.68 bits per heavy atom. The lowest BCUT2D eigenvalue weighted by Gasteiger charge is -2.13. The van der Waals surface area contributed by atoms with Gasteiger partial charge in [-0.15, -0.1) is 0 Å². The zero-order valence-corrected chi connectivity index (χ0v) is 26.0. The van der Waals surface area contributed by atoms with Crippen molar-refractivity contribution in [3.63, 3.8) is 0 Å². The first-order valence-electron chi connectivity index (χ1n) is 15.2. The summed E-state index contributed by atoms with van der Waals surface area (Å²) in [5.41, 5.74) is 5.23. The van der Waals surface area contributed by atoms with Gasteiger partial charge in [0.1, 0.15) is 0 Å². The molecule has 0 saturated carbocycles. The Morgan fingerprint density at radius 1 is 0.900 bits per heavy atom. The third-order valence-electron chi connectivity index (χ3n) is 6.98. The highest BCUT2D eigenvalue weighted by Crippen LogP contribution is 2.30. The van der Waals surface area contributed by atoms with Crippen LogP contribution in [0.15, 0.2) is 49.1 Å². The van der Waals surface area contributed by atoms with Crippen molar-refractivity contribution in [1.82, 2.24) is 24.5 Å². The maximum absolute atomic E-state index is 9.02. The molecule has 6 nitrogen and oxygen atoms in total. The minimum Gasteiger partial charge on any atom is -0.306 e. The summed E-state index contributed by atoms with van der Waals surface area (Å²) >= 11 is 0. The maximum Gasteiger partial charge on any atom is 0.162 e. The van der Waals surface area contributed by atoms with Gasteiger partial charge < -0.3 is 4.90 Å². The number of aryl methyl sites for hydroxylation is 1. The van der Waals surface area contributed by atoms with Gasteiger partial charge in [-0.05, 0) is 75.1 Å². The van der Waals surface area contributed by atoms with E-state index in [2.05, 4.69) is 67.7 Å². The zero-order valence-electron chi connectivity index (χ0n) is 26.0. The molecule has 4 rings (SSSR count). The number of hydrogen-bond acceptors (Lipinski definition) is 5. The third kappa shape index (κ3) is 10.4. The van der Waals surface area contributed by atoms with Crippen LogP contribution in [0.3, 0.4) is 0 Å². The van der Waals surface area contributed by atoms with Gasteiger partial charge in [-0.2, -0.15) is 10.4 Å². The fourth-order valence-corrected chi connectivity index (χ4v) is 4.72. The second-order valence-electron chi connectivity index (χ2n) is 10.9. The number of nitrogens with zero attached hydrogens (tertiary/aromatic N) is 6. The standard InChI is InChI=1S/C17H11N5.C9H20.C8H19N/c1-11-8-20-17-15(9-21-22(17)10-11)13-4-5-19-16-6-12(7-18)2-3-14(13)16;2*1-4-6-8-9(3)7-5-2/h2-6,8-10H,1H3;9H,4-8H2,1-3H3;4-8H2,1-3H3. The summed E-state index contributed by atoms with van der Waals surface area (Å²) in [6.45, 7) is 15.9. The molecule has 40 heavy (non-hydrogen) atoms. The van der Waals surface area contributed by atoms with Gasteiger partial charge >= 0.3 is 0 Å². The van der Waals surface area contributed by atoms with Crippen LogP contribution in [0, 0.1) is 24.2 Å². The quantitative estimate of drug-likeness (QED) is 0.189. The number of fused-ring (bicyclic) bond motifs is 2. The highest BCUT2D eigenvalue weighted by Gasteiger charge is 2.12. The summed E-state index contributed by atoms with van der Waals surface area (Å²) in [6, 6.07) is 9.61. The van der Waals surface area contributed by atoms with E-state index in [1.54, 1.807) is 22.8 Å². The Hall–Kier alpha value is -3.30. The van der Waals surface area contributed by atoms with Gasteiger partial charge in [-0.3, -0.25) is 4.98 Å². The molecule has 216 valence electrons. The first-order chi connectivity index (χ1) is 19.4. The van der Waals surface area contributed by atoms with Crippen molar-refractivity contribution in [2.45, 2.75) is 92.9 Å². The van der Waals surface area contributed by atoms with Crippen molar-refractivity contribution in [3.05, 3.63) is 60.2 Å². The van der Waals surface area contributed by atoms with Gasteiger partial charge in [0.2, 0.25) is 0 Å². The van der Waals surface area contributed by atoms with E-state index in [1.165, 1.54) is 64.5 Å². The molecule has 4 aromatic rings. The smallest absolute Gasteiger partial charge is 0.162 e. The first kappa shape index (κ1) is 32.9. The average Bonchev–Trinajstić information content (AvgIpc) is 3.38. The van der Waals surface area contributed by atoms with Crippen LogP contribution < -0.4 is 0 Å². The predicted molar refractivity (Wildman–Crippen MR) is 169 cm³/mol. The number of benzene rings is 1. The Bertz CT molecular complexity index is 1300. The summed E-state index contributed by atoms with van der Waals surface area (Å²) < 4.78 is 1.78. The molecule has 0 aliphatic heterocycles. The highest BCUT2D eigenvalue weighted by molar-refractivity contribution is 5.98. The van der Waals surface area contributed by atoms with Crippen molar-refractivity contribution >= 4 is 16.6 Å². The summed E-state index contributed by atoms with van der Waals surface area (Å²) in [4.78, 5) is 11.2. The van der Waals surface area contributed by atoms with Gasteiger partial charge in [0.15, 0.2) is 5.65 Å². The van der Waals surface area contributed by atoms with Crippen LogP contribution in [0.5, 0.6) is 0 Å². The minimum absolute atomic E-state index is 0.603. The molecule has 3 aromatic heterocycles. The van der Waals surface area contributed by atoms with E-state index in [0.717, 1.165) is 39.2 Å². The lowest BCUT2D eigenvalue weighted by molar-refractivity contribution is 0.329. The van der Waals surface area contributed by atoms with Crippen LogP contribution in [0.25, 0.3) is 27.7 Å². The molecule has 1 aromatic carbocycles. The van der Waals surface area contributed by atoms with E-state index >= 15 is 0 Å². The minimum atomic E-state index is 0.603. The molecule has 3 heterocycles. The monoisotopic (exact) mass is 542 g/mol. The molecule has 0 aliphatic carbocycles. The first-order valence-corrected chi connectivity index (χ1v) is 15.2. The van der Waals surface area contributed by atoms with E-state index in [4.69, 9.17) is 5.26 Å². The molecule has 0 bridgehead atoms. The number of hydrogen-bond donors (Lipinski definition) is 0. The van der Waals surface area contributed by atoms with Crippen LogP contribution in [-0.4, -0.2) is 44.6 Å². The summed E-state index contributed by atoms with van der Waals surface area (Å²) in [6.07, 6.45) is 18.3. The number of pyridine rings is 1. The maximum atomic E-state index is 9.02. The zero-order chi connectivity index (χ0) is 29.3. The number of unbranched alkanes of at least 4 members (excludes halogenated alkanes) is 2. The van der Waals surface area contributed by atoms with E-state index < -0.39 is 0 Å². The van der Waals surface area contributed by atoms with E-state index in [-0.39, 0.29) is 0 Å². The molecule has 0 aliphatic rings. The SMILES string of the molecule is CCCCC(C)CCC.CCCCN(C)CCC.Cc1cnc2c(-c3ccnc4cc(C#N)ccc34)cnn2c1. The van der Waals surface area contributed by atoms with Crippen molar-refractivity contribution < 1.29 is 0 Å². The van der Waals surface area contributed by atoms with Gasteiger partial charge in [-0.1, -0.05) is 79.2 Å². The second kappa shape index (κ2) is 18.1. The topological polar surface area (TPSA) is 70.1 Å². The number of nitriles is 1. The number of aromatic nitrogens is 4. The molecule has 1 atom stereocenters. The summed E-state index contributed by atoms with van der Waals surface area (Å²) in [7, 11) is 2.19. The van der Waals surface area contributed by atoms with Crippen LogP contribution >= 0.6 is 0 Å². The van der Waals surface area contributed by atoms with E-state index in [1.807, 2.05) is 37.6 Å². The average molecular weight is 543 g/mol. The molecule has 0 fully saturated rings. The lowest BCUT2D eigenvalue weighted by Crippen LogP contribution is -2.19. The largest absolute Gasteiger partial charge is 0.306 e. The third-order valence-corrected chi connectivity index (χ3v) is 6.98. The van der Waals surface area contributed by atoms with Crippen LogP contribution in [0.1, 0.15) is 97.1 Å². The van der Waals surface area contributed by atoms with E-state index in [9.17, 15) is 0 Å². The molecule has 0 saturated heterocycles. The fourth-order valence-electron chi connectivity index (χ4n) is 4.72. The fraction of sp³-hybridized carbons (Fsp3) is 0.529. The lowest BCUT2D eigenvalue weighted by atomic mass is 10.00. The molecular formula is C34H50N6. The molecule has 6 heteroatoms. The van der Waals surface area contributed by atoms with Gasteiger partial charge in [0, 0.05) is 29.5 Å². The molecular weight excluding hydrogens is 492 g/mol. The Kier molecular flexibility index (Phi) is 14.9. The molecule has 0 N–H and O–H groups in total. The van der Waals surface area contributed by atoms with Crippen molar-refractivity contribution in [2.75, 3.05) is 20.1 Å². The molecule has 1 unspecified atom stereocenters.